The van der Waals surface area contributed by atoms with Gasteiger partial charge in [-0.25, -0.2) is 0 Å². The van der Waals surface area contributed by atoms with Crippen LogP contribution in [-0.2, 0) is 4.79 Å². The third kappa shape index (κ3) is 3.49. The zero-order valence-corrected chi connectivity index (χ0v) is 10.3. The minimum absolute atomic E-state index is 0.0733. The first-order valence-electron chi connectivity index (χ1n) is 6.02. The third-order valence-electron chi connectivity index (χ3n) is 3.54. The standard InChI is InChI=1S/C12H24N2O/c1-8-5-6-11(9(2)7-8)14-10(3)12(15)13-4/h8-11,14H,5-7H2,1-4H3,(H,13,15). The highest BCUT2D eigenvalue weighted by atomic mass is 16.2. The lowest BCUT2D eigenvalue weighted by molar-refractivity contribution is -0.122. The van der Waals surface area contributed by atoms with E-state index in [2.05, 4.69) is 24.5 Å². The van der Waals surface area contributed by atoms with Crippen molar-refractivity contribution in [1.82, 2.24) is 10.6 Å². The van der Waals surface area contributed by atoms with Gasteiger partial charge < -0.3 is 10.6 Å². The van der Waals surface area contributed by atoms with Gasteiger partial charge in [0.2, 0.25) is 5.91 Å². The van der Waals surface area contributed by atoms with E-state index in [-0.39, 0.29) is 11.9 Å². The Hall–Kier alpha value is -0.570. The molecule has 0 bridgehead atoms. The van der Waals surface area contributed by atoms with Crippen LogP contribution in [0, 0.1) is 11.8 Å². The van der Waals surface area contributed by atoms with E-state index < -0.39 is 0 Å². The van der Waals surface area contributed by atoms with Gasteiger partial charge in [-0.1, -0.05) is 13.8 Å². The van der Waals surface area contributed by atoms with Crippen LogP contribution in [0.2, 0.25) is 0 Å². The van der Waals surface area contributed by atoms with Crippen LogP contribution < -0.4 is 10.6 Å². The minimum Gasteiger partial charge on any atom is -0.358 e. The zero-order chi connectivity index (χ0) is 11.4. The number of hydrogen-bond acceptors (Lipinski definition) is 2. The van der Waals surface area contributed by atoms with Gasteiger partial charge in [0.1, 0.15) is 0 Å². The Labute approximate surface area is 93.0 Å². The minimum atomic E-state index is -0.0733. The molecule has 3 nitrogen and oxygen atoms in total. The molecule has 4 atom stereocenters. The topological polar surface area (TPSA) is 41.1 Å². The van der Waals surface area contributed by atoms with E-state index in [1.165, 1.54) is 19.3 Å². The second-order valence-electron chi connectivity index (χ2n) is 5.00. The first kappa shape index (κ1) is 12.5. The molecule has 15 heavy (non-hydrogen) atoms. The lowest BCUT2D eigenvalue weighted by atomic mass is 9.79. The largest absolute Gasteiger partial charge is 0.358 e. The van der Waals surface area contributed by atoms with Gasteiger partial charge in [0.15, 0.2) is 0 Å². The highest BCUT2D eigenvalue weighted by Gasteiger charge is 2.27. The van der Waals surface area contributed by atoms with E-state index in [0.717, 1.165) is 5.92 Å². The average molecular weight is 212 g/mol. The van der Waals surface area contributed by atoms with Gasteiger partial charge >= 0.3 is 0 Å². The molecular weight excluding hydrogens is 188 g/mol. The van der Waals surface area contributed by atoms with E-state index in [4.69, 9.17) is 0 Å². The van der Waals surface area contributed by atoms with Gasteiger partial charge in [-0.15, -0.1) is 0 Å². The zero-order valence-electron chi connectivity index (χ0n) is 10.3. The van der Waals surface area contributed by atoms with Crippen molar-refractivity contribution >= 4 is 5.91 Å². The quantitative estimate of drug-likeness (QED) is 0.745. The molecule has 0 aliphatic heterocycles. The fourth-order valence-corrected chi connectivity index (χ4v) is 2.53. The predicted molar refractivity (Wildman–Crippen MR) is 62.6 cm³/mol. The molecule has 1 amide bonds. The highest BCUT2D eigenvalue weighted by Crippen LogP contribution is 2.28. The van der Waals surface area contributed by atoms with Gasteiger partial charge in [-0.2, -0.15) is 0 Å². The monoisotopic (exact) mass is 212 g/mol. The molecule has 0 radical (unpaired) electrons. The number of carbonyl (C=O) groups is 1. The molecule has 2 N–H and O–H groups in total. The van der Waals surface area contributed by atoms with Crippen molar-refractivity contribution in [1.29, 1.82) is 0 Å². The molecule has 0 saturated heterocycles. The summed E-state index contributed by atoms with van der Waals surface area (Å²) >= 11 is 0. The van der Waals surface area contributed by atoms with Crippen LogP contribution in [-0.4, -0.2) is 25.0 Å². The number of amides is 1. The second kappa shape index (κ2) is 5.50. The first-order valence-corrected chi connectivity index (χ1v) is 6.02. The maximum Gasteiger partial charge on any atom is 0.236 e. The van der Waals surface area contributed by atoms with Crippen molar-refractivity contribution < 1.29 is 4.79 Å². The lowest BCUT2D eigenvalue weighted by Crippen LogP contribution is -2.49. The van der Waals surface area contributed by atoms with Crippen molar-refractivity contribution in [3.63, 3.8) is 0 Å². The average Bonchev–Trinajstić information content (AvgIpc) is 2.20. The van der Waals surface area contributed by atoms with Crippen LogP contribution in [0.25, 0.3) is 0 Å². The van der Waals surface area contributed by atoms with Gasteiger partial charge in [0.05, 0.1) is 6.04 Å². The van der Waals surface area contributed by atoms with Crippen LogP contribution in [0.15, 0.2) is 0 Å². The number of likely N-dealkylation sites (N-methyl/N-ethyl adjacent to an activating group) is 1. The van der Waals surface area contributed by atoms with Gasteiger partial charge in [-0.05, 0) is 38.0 Å². The smallest absolute Gasteiger partial charge is 0.236 e. The fourth-order valence-electron chi connectivity index (χ4n) is 2.53. The molecule has 0 heterocycles. The Bertz CT molecular complexity index is 218. The molecule has 4 unspecified atom stereocenters. The second-order valence-corrected chi connectivity index (χ2v) is 5.00. The third-order valence-corrected chi connectivity index (χ3v) is 3.54. The Morgan fingerprint density at radius 2 is 2.00 bits per heavy atom. The van der Waals surface area contributed by atoms with Gasteiger partial charge in [0.25, 0.3) is 0 Å². The number of nitrogens with one attached hydrogen (secondary N) is 2. The Kier molecular flexibility index (Phi) is 4.58. The van der Waals surface area contributed by atoms with Crippen molar-refractivity contribution in [2.24, 2.45) is 11.8 Å². The molecule has 1 aliphatic rings. The van der Waals surface area contributed by atoms with Crippen molar-refractivity contribution in [2.75, 3.05) is 7.05 Å². The van der Waals surface area contributed by atoms with Gasteiger partial charge in [-0.3, -0.25) is 4.79 Å². The molecule has 88 valence electrons. The van der Waals surface area contributed by atoms with E-state index in [0.29, 0.717) is 12.0 Å². The van der Waals surface area contributed by atoms with Crippen molar-refractivity contribution in [3.8, 4) is 0 Å². The van der Waals surface area contributed by atoms with Crippen molar-refractivity contribution in [2.45, 2.75) is 52.1 Å². The summed E-state index contributed by atoms with van der Waals surface area (Å²) in [6, 6.07) is 0.435. The maximum absolute atomic E-state index is 11.4. The molecule has 1 fully saturated rings. The normalized spacial score (nSPS) is 33.5. The molecule has 0 aromatic rings. The summed E-state index contributed by atoms with van der Waals surface area (Å²) in [4.78, 5) is 11.4. The Morgan fingerprint density at radius 3 is 2.53 bits per heavy atom. The molecule has 0 aromatic heterocycles. The summed E-state index contributed by atoms with van der Waals surface area (Å²) in [5.41, 5.74) is 0. The number of carbonyl (C=O) groups excluding carboxylic acids is 1. The molecule has 0 aromatic carbocycles. The van der Waals surface area contributed by atoms with Crippen LogP contribution in [0.1, 0.15) is 40.0 Å². The number of hydrogen-bond donors (Lipinski definition) is 2. The van der Waals surface area contributed by atoms with Crippen molar-refractivity contribution in [3.05, 3.63) is 0 Å². The number of rotatable bonds is 3. The molecule has 1 saturated carbocycles. The fraction of sp³-hybridized carbons (Fsp3) is 0.917. The summed E-state index contributed by atoms with van der Waals surface area (Å²) in [6.45, 7) is 6.53. The van der Waals surface area contributed by atoms with Crippen LogP contribution in [0.4, 0.5) is 0 Å². The SMILES string of the molecule is CNC(=O)C(C)NC1CCC(C)CC1C. The molecule has 1 aliphatic carbocycles. The molecule has 0 spiro atoms. The highest BCUT2D eigenvalue weighted by molar-refractivity contribution is 5.80. The van der Waals surface area contributed by atoms with E-state index in [9.17, 15) is 4.79 Å². The molecule has 3 heteroatoms. The van der Waals surface area contributed by atoms with E-state index in [1.54, 1.807) is 7.05 Å². The Balaban J connectivity index is 2.41. The summed E-state index contributed by atoms with van der Waals surface area (Å²) in [5, 5.41) is 6.10. The lowest BCUT2D eigenvalue weighted by Gasteiger charge is -2.34. The van der Waals surface area contributed by atoms with Crippen LogP contribution in [0.5, 0.6) is 0 Å². The van der Waals surface area contributed by atoms with Gasteiger partial charge in [0, 0.05) is 13.1 Å². The van der Waals surface area contributed by atoms with E-state index >= 15 is 0 Å². The van der Waals surface area contributed by atoms with E-state index in [1.807, 2.05) is 6.92 Å². The van der Waals surface area contributed by atoms with Crippen LogP contribution >= 0.6 is 0 Å². The summed E-state index contributed by atoms with van der Waals surface area (Å²) in [7, 11) is 1.69. The molecule has 1 rings (SSSR count). The predicted octanol–water partition coefficient (Wildman–Crippen LogP) is 1.54. The maximum atomic E-state index is 11.4. The first-order chi connectivity index (χ1) is 7.04. The summed E-state index contributed by atoms with van der Waals surface area (Å²) in [5.74, 6) is 1.61. The van der Waals surface area contributed by atoms with Crippen LogP contribution in [0.3, 0.4) is 0 Å². The Morgan fingerprint density at radius 1 is 1.33 bits per heavy atom. The summed E-state index contributed by atoms with van der Waals surface area (Å²) < 4.78 is 0. The molecular formula is C12H24N2O. The summed E-state index contributed by atoms with van der Waals surface area (Å²) in [6.07, 6.45) is 3.75.